The second-order valence-electron chi connectivity index (χ2n) is 6.74. The Morgan fingerprint density at radius 3 is 2.53 bits per heavy atom. The van der Waals surface area contributed by atoms with Crippen molar-refractivity contribution in [2.45, 2.75) is 25.0 Å². The molecule has 0 radical (unpaired) electrons. The highest BCUT2D eigenvalue weighted by Gasteiger charge is 2.27. The average molecular weight is 412 g/mol. The fraction of sp³-hybridized carbons (Fsp3) is 0.238. The van der Waals surface area contributed by atoms with Crippen LogP contribution in [0.3, 0.4) is 0 Å². The molecular formula is C21H20N2O7. The van der Waals surface area contributed by atoms with Gasteiger partial charge in [-0.25, -0.2) is 9.59 Å². The number of aliphatic carboxylic acids is 1. The molecule has 156 valence electrons. The second kappa shape index (κ2) is 9.08. The fourth-order valence-corrected chi connectivity index (χ4v) is 3.08. The van der Waals surface area contributed by atoms with Crippen molar-refractivity contribution in [2.75, 3.05) is 6.61 Å². The van der Waals surface area contributed by atoms with Gasteiger partial charge < -0.3 is 25.6 Å². The number of carbonyl (C=O) groups is 4. The molecule has 2 aromatic rings. The Balaban J connectivity index is 1.56. The van der Waals surface area contributed by atoms with Gasteiger partial charge in [0.2, 0.25) is 5.91 Å². The molecule has 0 saturated carbocycles. The van der Waals surface area contributed by atoms with E-state index in [9.17, 15) is 19.2 Å². The maximum atomic E-state index is 12.2. The summed E-state index contributed by atoms with van der Waals surface area (Å²) in [6.45, 7) is -0.437. The molecule has 0 bridgehead atoms. The normalized spacial score (nSPS) is 16.0. The van der Waals surface area contributed by atoms with Crippen molar-refractivity contribution in [3.05, 3.63) is 65.2 Å². The van der Waals surface area contributed by atoms with E-state index in [1.807, 2.05) is 12.1 Å². The van der Waals surface area contributed by atoms with Gasteiger partial charge in [-0.3, -0.25) is 9.59 Å². The number of carbonyl (C=O) groups excluding carboxylic acids is 3. The van der Waals surface area contributed by atoms with Crippen LogP contribution < -0.4 is 15.8 Å². The van der Waals surface area contributed by atoms with Crippen LogP contribution in [-0.4, -0.2) is 41.5 Å². The zero-order valence-electron chi connectivity index (χ0n) is 15.9. The zero-order valence-corrected chi connectivity index (χ0v) is 15.9. The summed E-state index contributed by atoms with van der Waals surface area (Å²) in [5, 5.41) is 11.2. The first-order valence-electron chi connectivity index (χ1n) is 9.15. The van der Waals surface area contributed by atoms with E-state index in [4.69, 9.17) is 20.3 Å². The minimum atomic E-state index is -1.41. The van der Waals surface area contributed by atoms with E-state index in [0.29, 0.717) is 17.7 Å². The van der Waals surface area contributed by atoms with Crippen molar-refractivity contribution in [3.63, 3.8) is 0 Å². The molecule has 9 nitrogen and oxygen atoms in total. The van der Waals surface area contributed by atoms with Gasteiger partial charge in [0.1, 0.15) is 17.9 Å². The summed E-state index contributed by atoms with van der Waals surface area (Å²) in [7, 11) is 0. The summed E-state index contributed by atoms with van der Waals surface area (Å²) in [4.78, 5) is 45.9. The highest BCUT2D eigenvalue weighted by molar-refractivity contribution is 5.92. The molecule has 9 heteroatoms. The van der Waals surface area contributed by atoms with Crippen molar-refractivity contribution < 1.29 is 33.8 Å². The average Bonchev–Trinajstić information content (AvgIpc) is 2.72. The van der Waals surface area contributed by atoms with Crippen molar-refractivity contribution in [1.82, 2.24) is 5.32 Å². The zero-order chi connectivity index (χ0) is 21.7. The smallest absolute Gasteiger partial charge is 0.339 e. The Morgan fingerprint density at radius 1 is 1.17 bits per heavy atom. The fourth-order valence-electron chi connectivity index (χ4n) is 3.08. The lowest BCUT2D eigenvalue weighted by Crippen LogP contribution is -2.45. The molecule has 1 aliphatic heterocycles. The standard InChI is InChI=1S/C21H20N2O7/c22-18(24)10-16(20(26)27)23-19(25)11-29-14-7-5-12(6-8-14)17-9-13-3-1-2-4-15(13)21(28)30-17/h1-8,16-17H,9-11H2,(H2,22,24)(H,23,25)(H,26,27)/t16-,17-/m1/s1. The second-order valence-corrected chi connectivity index (χ2v) is 6.74. The Labute approximate surface area is 171 Å². The first-order chi connectivity index (χ1) is 14.3. The number of esters is 1. The molecule has 4 N–H and O–H groups in total. The number of fused-ring (bicyclic) bond motifs is 1. The monoisotopic (exact) mass is 412 g/mol. The minimum Gasteiger partial charge on any atom is -0.484 e. The van der Waals surface area contributed by atoms with Crippen molar-refractivity contribution in [1.29, 1.82) is 0 Å². The molecular weight excluding hydrogens is 392 g/mol. The van der Waals surface area contributed by atoms with Gasteiger partial charge in [-0.15, -0.1) is 0 Å². The lowest BCUT2D eigenvalue weighted by Gasteiger charge is -2.25. The molecule has 1 heterocycles. The number of cyclic esters (lactones) is 1. The number of amides is 2. The predicted molar refractivity (Wildman–Crippen MR) is 104 cm³/mol. The maximum absolute atomic E-state index is 12.2. The van der Waals surface area contributed by atoms with Gasteiger partial charge >= 0.3 is 11.9 Å². The third-order valence-corrected chi connectivity index (χ3v) is 4.55. The van der Waals surface area contributed by atoms with E-state index < -0.39 is 43.0 Å². The highest BCUT2D eigenvalue weighted by atomic mass is 16.5. The van der Waals surface area contributed by atoms with Crippen LogP contribution in [0.1, 0.15) is 34.0 Å². The van der Waals surface area contributed by atoms with E-state index in [0.717, 1.165) is 11.1 Å². The third-order valence-electron chi connectivity index (χ3n) is 4.55. The summed E-state index contributed by atoms with van der Waals surface area (Å²) in [6.07, 6.45) is -0.380. The topological polar surface area (TPSA) is 145 Å². The number of nitrogens with one attached hydrogen (secondary N) is 1. The molecule has 2 amide bonds. The summed E-state index contributed by atoms with van der Waals surface area (Å²) in [5.41, 5.74) is 7.23. The van der Waals surface area contributed by atoms with Crippen LogP contribution in [0.5, 0.6) is 5.75 Å². The Hall–Kier alpha value is -3.88. The molecule has 1 aliphatic rings. The van der Waals surface area contributed by atoms with E-state index in [1.165, 1.54) is 0 Å². The Bertz CT molecular complexity index is 972. The third kappa shape index (κ3) is 5.13. The summed E-state index contributed by atoms with van der Waals surface area (Å²) in [6, 6.07) is 12.6. The molecule has 2 atom stereocenters. The Kier molecular flexibility index (Phi) is 6.31. The van der Waals surface area contributed by atoms with E-state index in [1.54, 1.807) is 36.4 Å². The van der Waals surface area contributed by atoms with Crippen molar-refractivity contribution in [3.8, 4) is 5.75 Å². The van der Waals surface area contributed by atoms with Gasteiger partial charge in [0.05, 0.1) is 12.0 Å². The van der Waals surface area contributed by atoms with E-state index >= 15 is 0 Å². The highest BCUT2D eigenvalue weighted by Crippen LogP contribution is 2.31. The number of benzene rings is 2. The van der Waals surface area contributed by atoms with Crippen LogP contribution in [0.15, 0.2) is 48.5 Å². The van der Waals surface area contributed by atoms with Crippen molar-refractivity contribution in [2.24, 2.45) is 5.73 Å². The molecule has 3 rings (SSSR count). The van der Waals surface area contributed by atoms with E-state index in [-0.39, 0.29) is 5.97 Å². The van der Waals surface area contributed by atoms with Gasteiger partial charge in [0.15, 0.2) is 6.61 Å². The van der Waals surface area contributed by atoms with E-state index in [2.05, 4.69) is 5.32 Å². The number of nitrogens with two attached hydrogens (primary N) is 1. The van der Waals surface area contributed by atoms with Crippen LogP contribution in [0.2, 0.25) is 0 Å². The van der Waals surface area contributed by atoms with Gasteiger partial charge in [0, 0.05) is 6.42 Å². The molecule has 30 heavy (non-hydrogen) atoms. The number of ether oxygens (including phenoxy) is 2. The van der Waals surface area contributed by atoms with Crippen molar-refractivity contribution >= 4 is 23.8 Å². The van der Waals surface area contributed by atoms with Crippen LogP contribution >= 0.6 is 0 Å². The minimum absolute atomic E-state index is 0.372. The molecule has 0 aliphatic carbocycles. The number of hydrogen-bond acceptors (Lipinski definition) is 6. The van der Waals surface area contributed by atoms with Crippen LogP contribution in [-0.2, 0) is 25.5 Å². The van der Waals surface area contributed by atoms with Gasteiger partial charge in [-0.05, 0) is 29.3 Å². The number of carboxylic acids is 1. The molecule has 0 unspecified atom stereocenters. The SMILES string of the molecule is NC(=O)C[C@@H](NC(=O)COc1ccc([C@H]2Cc3ccccc3C(=O)O2)cc1)C(=O)O. The summed E-state index contributed by atoms with van der Waals surface area (Å²) < 4.78 is 10.8. The lowest BCUT2D eigenvalue weighted by atomic mass is 9.95. The lowest BCUT2D eigenvalue weighted by molar-refractivity contribution is -0.143. The molecule has 0 spiro atoms. The maximum Gasteiger partial charge on any atom is 0.339 e. The number of primary amides is 1. The van der Waals surface area contributed by atoms with Gasteiger partial charge in [0.25, 0.3) is 5.91 Å². The number of carboxylic acid groups (broad SMARTS) is 1. The van der Waals surface area contributed by atoms with Crippen LogP contribution in [0, 0.1) is 0 Å². The first-order valence-corrected chi connectivity index (χ1v) is 9.15. The molecule has 0 fully saturated rings. The molecule has 0 aromatic heterocycles. The Morgan fingerprint density at radius 2 is 1.87 bits per heavy atom. The van der Waals surface area contributed by atoms with Crippen LogP contribution in [0.4, 0.5) is 0 Å². The van der Waals surface area contributed by atoms with Gasteiger partial charge in [-0.1, -0.05) is 30.3 Å². The number of hydrogen-bond donors (Lipinski definition) is 3. The molecule has 0 saturated heterocycles. The quantitative estimate of drug-likeness (QED) is 0.548. The van der Waals surface area contributed by atoms with Crippen LogP contribution in [0.25, 0.3) is 0 Å². The number of rotatable bonds is 8. The first kappa shape index (κ1) is 20.8. The largest absolute Gasteiger partial charge is 0.484 e. The summed E-state index contributed by atoms with van der Waals surface area (Å²) in [5.74, 6) is -2.91. The predicted octanol–water partition coefficient (Wildman–Crippen LogP) is 0.964. The molecule has 2 aromatic carbocycles. The summed E-state index contributed by atoms with van der Waals surface area (Å²) >= 11 is 0. The van der Waals surface area contributed by atoms with Gasteiger partial charge in [-0.2, -0.15) is 0 Å².